The van der Waals surface area contributed by atoms with E-state index in [9.17, 15) is 8.78 Å². The van der Waals surface area contributed by atoms with Crippen LogP contribution in [0.2, 0.25) is 0 Å². The average Bonchev–Trinajstić information content (AvgIpc) is 1.91. The van der Waals surface area contributed by atoms with Crippen LogP contribution in [0.3, 0.4) is 0 Å². The lowest BCUT2D eigenvalue weighted by atomic mass is 10.4. The monoisotopic (exact) mass is 136 g/mol. The van der Waals surface area contributed by atoms with Crippen LogP contribution in [0, 0.1) is 0 Å². The van der Waals surface area contributed by atoms with Crippen LogP contribution in [0.15, 0.2) is 12.3 Å². The first-order chi connectivity index (χ1) is 4.35. The summed E-state index contributed by atoms with van der Waals surface area (Å²) < 4.78 is 27.7. The number of rotatable bonds is 4. The van der Waals surface area contributed by atoms with Crippen molar-refractivity contribution in [1.29, 1.82) is 0 Å². The molecular weight excluding hydrogens is 126 g/mol. The van der Waals surface area contributed by atoms with Crippen LogP contribution < -0.4 is 0 Å². The number of ether oxygens (including phenoxy) is 1. The first kappa shape index (κ1) is 8.40. The fraction of sp³-hybridized carbons (Fsp3) is 0.667. The van der Waals surface area contributed by atoms with E-state index in [1.807, 2.05) is 0 Å². The van der Waals surface area contributed by atoms with Crippen molar-refractivity contribution in [3.05, 3.63) is 12.3 Å². The van der Waals surface area contributed by atoms with Gasteiger partial charge in [0.15, 0.2) is 6.10 Å². The van der Waals surface area contributed by atoms with Crippen LogP contribution in [0.1, 0.15) is 6.92 Å². The number of hydrogen-bond acceptors (Lipinski definition) is 1. The van der Waals surface area contributed by atoms with Crippen molar-refractivity contribution in [2.24, 2.45) is 0 Å². The molecule has 0 radical (unpaired) electrons. The third kappa shape index (κ3) is 3.94. The zero-order chi connectivity index (χ0) is 7.11. The molecule has 0 saturated carbocycles. The van der Waals surface area contributed by atoms with Crippen molar-refractivity contribution >= 4 is 0 Å². The Morgan fingerprint density at radius 3 is 2.33 bits per heavy atom. The highest BCUT2D eigenvalue weighted by Crippen LogP contribution is 1.94. The van der Waals surface area contributed by atoms with Gasteiger partial charge in [0, 0.05) is 0 Å². The SMILES string of the molecule is CC=COC(CF)CF. The molecule has 0 N–H and O–H groups in total. The molecule has 0 bridgehead atoms. The van der Waals surface area contributed by atoms with E-state index in [2.05, 4.69) is 4.74 Å². The molecule has 0 saturated heterocycles. The van der Waals surface area contributed by atoms with Gasteiger partial charge < -0.3 is 4.74 Å². The fourth-order valence-electron chi connectivity index (χ4n) is 0.304. The summed E-state index contributed by atoms with van der Waals surface area (Å²) in [6, 6.07) is 0. The Balaban J connectivity index is 3.31. The van der Waals surface area contributed by atoms with Gasteiger partial charge in [0.05, 0.1) is 6.26 Å². The lowest BCUT2D eigenvalue weighted by Gasteiger charge is -2.06. The van der Waals surface area contributed by atoms with Crippen molar-refractivity contribution in [2.75, 3.05) is 13.3 Å². The minimum absolute atomic E-state index is 0.777. The smallest absolute Gasteiger partial charge is 0.154 e. The topological polar surface area (TPSA) is 9.23 Å². The number of alkyl halides is 2. The summed E-state index contributed by atoms with van der Waals surface area (Å²) in [6.07, 6.45) is 1.95. The largest absolute Gasteiger partial charge is 0.493 e. The van der Waals surface area contributed by atoms with Crippen molar-refractivity contribution < 1.29 is 13.5 Å². The van der Waals surface area contributed by atoms with Crippen LogP contribution >= 0.6 is 0 Å². The van der Waals surface area contributed by atoms with Gasteiger partial charge in [-0.1, -0.05) is 6.08 Å². The molecule has 0 aromatic heterocycles. The highest BCUT2D eigenvalue weighted by atomic mass is 19.1. The van der Waals surface area contributed by atoms with Gasteiger partial charge >= 0.3 is 0 Å². The van der Waals surface area contributed by atoms with Gasteiger partial charge in [0.1, 0.15) is 13.3 Å². The molecule has 0 atom stereocenters. The van der Waals surface area contributed by atoms with E-state index in [1.54, 1.807) is 13.0 Å². The minimum atomic E-state index is -0.916. The van der Waals surface area contributed by atoms with Crippen LogP contribution in [0.5, 0.6) is 0 Å². The second-order valence-electron chi connectivity index (χ2n) is 1.54. The first-order valence-corrected chi connectivity index (χ1v) is 2.73. The highest BCUT2D eigenvalue weighted by Gasteiger charge is 2.04. The number of allylic oxidation sites excluding steroid dienone is 1. The van der Waals surface area contributed by atoms with Gasteiger partial charge in [0.2, 0.25) is 0 Å². The third-order valence-electron chi connectivity index (χ3n) is 0.751. The molecule has 3 heteroatoms. The molecule has 54 valence electrons. The van der Waals surface area contributed by atoms with Gasteiger partial charge in [-0.05, 0) is 6.92 Å². The Labute approximate surface area is 53.3 Å². The molecule has 0 heterocycles. The fourth-order valence-corrected chi connectivity index (χ4v) is 0.304. The maximum atomic E-state index is 11.6. The molecule has 1 nitrogen and oxygen atoms in total. The molecule has 0 fully saturated rings. The molecule has 0 aromatic carbocycles. The minimum Gasteiger partial charge on any atom is -0.493 e. The van der Waals surface area contributed by atoms with Gasteiger partial charge in [-0.15, -0.1) is 0 Å². The van der Waals surface area contributed by atoms with E-state index in [0.717, 1.165) is 0 Å². The summed E-state index contributed by atoms with van der Waals surface area (Å²) in [6.45, 7) is 0.162. The first-order valence-electron chi connectivity index (χ1n) is 2.73. The Morgan fingerprint density at radius 2 is 2.00 bits per heavy atom. The number of hydrogen-bond donors (Lipinski definition) is 0. The lowest BCUT2D eigenvalue weighted by molar-refractivity contribution is 0.0902. The van der Waals surface area contributed by atoms with Gasteiger partial charge in [0.25, 0.3) is 0 Å². The van der Waals surface area contributed by atoms with E-state index >= 15 is 0 Å². The molecule has 0 rings (SSSR count). The van der Waals surface area contributed by atoms with Crippen molar-refractivity contribution in [3.63, 3.8) is 0 Å². The second kappa shape index (κ2) is 5.54. The van der Waals surface area contributed by atoms with Crippen LogP contribution in [-0.2, 0) is 4.74 Å². The molecule has 0 aromatic rings. The summed E-state index contributed by atoms with van der Waals surface area (Å²) in [4.78, 5) is 0. The van der Waals surface area contributed by atoms with Gasteiger partial charge in [-0.3, -0.25) is 0 Å². The predicted molar refractivity (Wildman–Crippen MR) is 31.6 cm³/mol. The normalized spacial score (nSPS) is 11.1. The molecule has 0 spiro atoms. The van der Waals surface area contributed by atoms with Gasteiger partial charge in [-0.2, -0.15) is 0 Å². The second-order valence-corrected chi connectivity index (χ2v) is 1.54. The van der Waals surface area contributed by atoms with Gasteiger partial charge in [-0.25, -0.2) is 8.78 Å². The Kier molecular flexibility index (Phi) is 5.17. The van der Waals surface area contributed by atoms with E-state index in [-0.39, 0.29) is 0 Å². The molecular formula is C6H10F2O. The Bertz CT molecular complexity index is 79.1. The zero-order valence-corrected chi connectivity index (χ0v) is 5.31. The van der Waals surface area contributed by atoms with Crippen LogP contribution in [0.25, 0.3) is 0 Å². The summed E-state index contributed by atoms with van der Waals surface area (Å²) >= 11 is 0. The maximum absolute atomic E-state index is 11.6. The molecule has 0 aliphatic rings. The third-order valence-corrected chi connectivity index (χ3v) is 0.751. The van der Waals surface area contributed by atoms with E-state index in [0.29, 0.717) is 0 Å². The predicted octanol–water partition coefficient (Wildman–Crippen LogP) is 1.84. The summed E-state index contributed by atoms with van der Waals surface area (Å²) in [5.41, 5.74) is 0. The Hall–Kier alpha value is -0.600. The maximum Gasteiger partial charge on any atom is 0.154 e. The van der Waals surface area contributed by atoms with Crippen LogP contribution in [-0.4, -0.2) is 19.5 Å². The molecule has 0 unspecified atom stereocenters. The quantitative estimate of drug-likeness (QED) is 0.536. The lowest BCUT2D eigenvalue weighted by Crippen LogP contribution is -2.14. The van der Waals surface area contributed by atoms with Crippen molar-refractivity contribution in [2.45, 2.75) is 13.0 Å². The van der Waals surface area contributed by atoms with E-state index < -0.39 is 19.5 Å². The highest BCUT2D eigenvalue weighted by molar-refractivity contribution is 4.68. The summed E-state index contributed by atoms with van der Waals surface area (Å²) in [5, 5.41) is 0. The zero-order valence-electron chi connectivity index (χ0n) is 5.31. The van der Waals surface area contributed by atoms with Crippen molar-refractivity contribution in [1.82, 2.24) is 0 Å². The Morgan fingerprint density at radius 1 is 1.44 bits per heavy atom. The van der Waals surface area contributed by atoms with Crippen LogP contribution in [0.4, 0.5) is 8.78 Å². The van der Waals surface area contributed by atoms with E-state index in [1.165, 1.54) is 6.26 Å². The summed E-state index contributed by atoms with van der Waals surface area (Å²) in [5.74, 6) is 0. The molecule has 0 aliphatic carbocycles. The number of halogens is 2. The van der Waals surface area contributed by atoms with E-state index in [4.69, 9.17) is 0 Å². The standard InChI is InChI=1S/C6H10F2O/c1-2-3-9-6(4-7)5-8/h2-3,6H,4-5H2,1H3. The molecule has 0 amide bonds. The molecule has 9 heavy (non-hydrogen) atoms. The average molecular weight is 136 g/mol. The van der Waals surface area contributed by atoms with Crippen molar-refractivity contribution in [3.8, 4) is 0 Å². The summed E-state index contributed by atoms with van der Waals surface area (Å²) in [7, 11) is 0. The molecule has 0 aliphatic heterocycles.